The third-order valence-corrected chi connectivity index (χ3v) is 5.51. The van der Waals surface area contributed by atoms with Crippen molar-refractivity contribution in [2.75, 3.05) is 4.90 Å². The lowest BCUT2D eigenvalue weighted by atomic mass is 9.89. The first-order valence-corrected chi connectivity index (χ1v) is 9.71. The first-order chi connectivity index (χ1) is 12.8. The average molecular weight is 391 g/mol. The molecular weight excluding hydrogens is 368 g/mol. The summed E-state index contributed by atoms with van der Waals surface area (Å²) >= 11 is 6.04. The maximum Gasteiger partial charge on any atom is 0.335 e. The molecule has 2 aliphatic rings. The highest BCUT2D eigenvalue weighted by atomic mass is 35.5. The lowest BCUT2D eigenvalue weighted by Crippen LogP contribution is -2.47. The second-order valence-electron chi connectivity index (χ2n) is 7.50. The van der Waals surface area contributed by atoms with Gasteiger partial charge in [0.1, 0.15) is 5.92 Å². The van der Waals surface area contributed by atoms with Gasteiger partial charge in [-0.15, -0.1) is 0 Å². The SMILES string of the molecule is CC(C)C(=O)C1C(=O)N(C(=O)NC(=O)C2CCCCC2)c2ccc(Cl)cc21. The molecule has 1 unspecified atom stereocenters. The molecule has 1 saturated carbocycles. The molecule has 1 atom stereocenters. The molecule has 0 bridgehead atoms. The number of imide groups is 2. The number of anilines is 1. The van der Waals surface area contributed by atoms with Crippen LogP contribution in [-0.2, 0) is 14.4 Å². The first kappa shape index (κ1) is 19.5. The van der Waals surface area contributed by atoms with E-state index in [0.29, 0.717) is 16.3 Å². The smallest absolute Gasteiger partial charge is 0.298 e. The molecule has 144 valence electrons. The van der Waals surface area contributed by atoms with Gasteiger partial charge in [-0.25, -0.2) is 9.69 Å². The predicted molar refractivity (Wildman–Crippen MR) is 102 cm³/mol. The Bertz CT molecular complexity index is 799. The van der Waals surface area contributed by atoms with Gasteiger partial charge in [-0.2, -0.15) is 0 Å². The zero-order chi connectivity index (χ0) is 19.7. The zero-order valence-electron chi connectivity index (χ0n) is 15.5. The Morgan fingerprint density at radius 3 is 2.44 bits per heavy atom. The summed E-state index contributed by atoms with van der Waals surface area (Å²) in [6, 6.07) is 3.82. The predicted octanol–water partition coefficient (Wildman–Crippen LogP) is 3.81. The van der Waals surface area contributed by atoms with E-state index in [4.69, 9.17) is 11.6 Å². The summed E-state index contributed by atoms with van der Waals surface area (Å²) in [6.45, 7) is 3.41. The summed E-state index contributed by atoms with van der Waals surface area (Å²) in [5.41, 5.74) is 0.712. The fourth-order valence-corrected chi connectivity index (χ4v) is 3.97. The maximum absolute atomic E-state index is 12.9. The number of nitrogens with one attached hydrogen (secondary N) is 1. The minimum atomic E-state index is -1.07. The van der Waals surface area contributed by atoms with E-state index < -0.39 is 17.9 Å². The van der Waals surface area contributed by atoms with Crippen molar-refractivity contribution in [1.82, 2.24) is 5.32 Å². The van der Waals surface area contributed by atoms with Crippen LogP contribution in [0.3, 0.4) is 0 Å². The van der Waals surface area contributed by atoms with E-state index in [1.165, 1.54) is 12.1 Å². The second kappa shape index (κ2) is 7.80. The number of Topliss-reactive ketones (excluding diaryl/α,β-unsaturated/α-hetero) is 1. The van der Waals surface area contributed by atoms with E-state index in [0.717, 1.165) is 37.0 Å². The van der Waals surface area contributed by atoms with Crippen molar-refractivity contribution in [2.24, 2.45) is 11.8 Å². The minimum absolute atomic E-state index is 0.210. The Morgan fingerprint density at radius 1 is 1.15 bits per heavy atom. The van der Waals surface area contributed by atoms with Crippen LogP contribution in [0.25, 0.3) is 0 Å². The summed E-state index contributed by atoms with van der Waals surface area (Å²) in [7, 11) is 0. The molecule has 1 fully saturated rings. The summed E-state index contributed by atoms with van der Waals surface area (Å²) in [5.74, 6) is -2.94. The third-order valence-electron chi connectivity index (χ3n) is 5.27. The van der Waals surface area contributed by atoms with Gasteiger partial charge in [0.15, 0.2) is 5.78 Å². The highest BCUT2D eigenvalue weighted by Gasteiger charge is 2.45. The van der Waals surface area contributed by atoms with E-state index in [9.17, 15) is 19.2 Å². The molecule has 0 saturated heterocycles. The molecule has 0 spiro atoms. The van der Waals surface area contributed by atoms with Crippen LogP contribution in [0.1, 0.15) is 57.4 Å². The molecule has 1 aromatic rings. The maximum atomic E-state index is 12.9. The van der Waals surface area contributed by atoms with Crippen LogP contribution < -0.4 is 10.2 Å². The fraction of sp³-hybridized carbons (Fsp3) is 0.500. The molecule has 0 aromatic heterocycles. The zero-order valence-corrected chi connectivity index (χ0v) is 16.2. The number of carbonyl (C=O) groups excluding carboxylic acids is 4. The number of carbonyl (C=O) groups is 4. The van der Waals surface area contributed by atoms with Gasteiger partial charge < -0.3 is 0 Å². The van der Waals surface area contributed by atoms with Crippen molar-refractivity contribution >= 4 is 40.9 Å². The van der Waals surface area contributed by atoms with Gasteiger partial charge in [0.2, 0.25) is 11.8 Å². The number of urea groups is 1. The average Bonchev–Trinajstić information content (AvgIpc) is 2.92. The molecule has 4 amide bonds. The number of fused-ring (bicyclic) bond motifs is 1. The van der Waals surface area contributed by atoms with Gasteiger partial charge in [-0.1, -0.05) is 44.7 Å². The quantitative estimate of drug-likeness (QED) is 0.795. The van der Waals surface area contributed by atoms with Gasteiger partial charge in [0.25, 0.3) is 0 Å². The molecule has 7 heteroatoms. The number of amides is 4. The van der Waals surface area contributed by atoms with Crippen molar-refractivity contribution in [1.29, 1.82) is 0 Å². The molecular formula is C20H23ClN2O4. The molecule has 27 heavy (non-hydrogen) atoms. The Balaban J connectivity index is 1.87. The molecule has 1 aliphatic carbocycles. The van der Waals surface area contributed by atoms with Crippen LogP contribution >= 0.6 is 11.6 Å². The highest BCUT2D eigenvalue weighted by molar-refractivity contribution is 6.32. The monoisotopic (exact) mass is 390 g/mol. The van der Waals surface area contributed by atoms with Crippen molar-refractivity contribution in [3.05, 3.63) is 28.8 Å². The summed E-state index contributed by atoms with van der Waals surface area (Å²) in [5, 5.41) is 2.73. The van der Waals surface area contributed by atoms with Gasteiger partial charge >= 0.3 is 6.03 Å². The Kier molecular flexibility index (Phi) is 5.65. The molecule has 1 aromatic carbocycles. The van der Waals surface area contributed by atoms with Gasteiger partial charge in [-0.05, 0) is 36.6 Å². The number of hydrogen-bond donors (Lipinski definition) is 1. The Morgan fingerprint density at radius 2 is 1.81 bits per heavy atom. The van der Waals surface area contributed by atoms with Crippen molar-refractivity contribution in [3.63, 3.8) is 0 Å². The van der Waals surface area contributed by atoms with Gasteiger partial charge in [-0.3, -0.25) is 19.7 Å². The van der Waals surface area contributed by atoms with Crippen LogP contribution in [0.15, 0.2) is 18.2 Å². The van der Waals surface area contributed by atoms with Crippen molar-refractivity contribution < 1.29 is 19.2 Å². The number of benzene rings is 1. The van der Waals surface area contributed by atoms with Crippen LogP contribution in [-0.4, -0.2) is 23.6 Å². The number of nitrogens with zero attached hydrogens (tertiary/aromatic N) is 1. The van der Waals surface area contributed by atoms with E-state index in [1.807, 2.05) is 0 Å². The molecule has 1 N–H and O–H groups in total. The topological polar surface area (TPSA) is 83.6 Å². The lowest BCUT2D eigenvalue weighted by molar-refractivity contribution is -0.129. The van der Waals surface area contributed by atoms with E-state index in [1.54, 1.807) is 19.9 Å². The number of rotatable bonds is 3. The summed E-state index contributed by atoms with van der Waals surface area (Å²) < 4.78 is 0. The lowest BCUT2D eigenvalue weighted by Gasteiger charge is -2.22. The Labute approximate surface area is 163 Å². The molecule has 1 aliphatic heterocycles. The highest BCUT2D eigenvalue weighted by Crippen LogP contribution is 2.40. The molecule has 3 rings (SSSR count). The summed E-state index contributed by atoms with van der Waals surface area (Å²) in [4.78, 5) is 51.5. The first-order valence-electron chi connectivity index (χ1n) is 9.33. The fourth-order valence-electron chi connectivity index (χ4n) is 3.79. The van der Waals surface area contributed by atoms with Gasteiger partial charge in [0.05, 0.1) is 5.69 Å². The minimum Gasteiger partial charge on any atom is -0.298 e. The number of ketones is 1. The molecule has 6 nitrogen and oxygen atoms in total. The van der Waals surface area contributed by atoms with E-state index in [2.05, 4.69) is 5.32 Å². The molecule has 1 heterocycles. The van der Waals surface area contributed by atoms with Crippen LogP contribution in [0.2, 0.25) is 5.02 Å². The normalized spacial score (nSPS) is 19.9. The van der Waals surface area contributed by atoms with Crippen molar-refractivity contribution in [3.8, 4) is 0 Å². The second-order valence-corrected chi connectivity index (χ2v) is 7.93. The van der Waals surface area contributed by atoms with Crippen LogP contribution in [0.5, 0.6) is 0 Å². The number of halogens is 1. The third kappa shape index (κ3) is 3.76. The van der Waals surface area contributed by atoms with Crippen LogP contribution in [0.4, 0.5) is 10.5 Å². The van der Waals surface area contributed by atoms with E-state index >= 15 is 0 Å². The van der Waals surface area contributed by atoms with E-state index in [-0.39, 0.29) is 23.5 Å². The van der Waals surface area contributed by atoms with Crippen LogP contribution in [0, 0.1) is 11.8 Å². The van der Waals surface area contributed by atoms with Gasteiger partial charge in [0, 0.05) is 16.9 Å². The summed E-state index contributed by atoms with van der Waals surface area (Å²) in [6.07, 6.45) is 4.50. The van der Waals surface area contributed by atoms with Crippen molar-refractivity contribution in [2.45, 2.75) is 51.9 Å². The number of hydrogen-bond acceptors (Lipinski definition) is 4. The molecule has 0 radical (unpaired) electrons. The largest absolute Gasteiger partial charge is 0.335 e. The Hall–Kier alpha value is -2.21. The standard InChI is InChI=1S/C20H23ClN2O4/c1-11(2)17(24)16-14-10-13(21)8-9-15(14)23(19(16)26)20(27)22-18(25)12-6-4-3-5-7-12/h8-12,16H,3-7H2,1-2H3,(H,22,25,27).